The second-order valence-corrected chi connectivity index (χ2v) is 11.1. The largest absolute Gasteiger partial charge is 0.444 e. The zero-order chi connectivity index (χ0) is 26.1. The van der Waals surface area contributed by atoms with Gasteiger partial charge in [-0.15, -0.1) is 0 Å². The Balaban J connectivity index is 1.38. The van der Waals surface area contributed by atoms with Gasteiger partial charge < -0.3 is 9.30 Å². The van der Waals surface area contributed by atoms with Gasteiger partial charge in [0.15, 0.2) is 0 Å². The number of aromatic nitrogens is 4. The summed E-state index contributed by atoms with van der Waals surface area (Å²) in [6.45, 7) is 7.64. The Bertz CT molecular complexity index is 1590. The SMILES string of the molecule is Cc1ccc(-c2ccn(-c3ccc4c5c(n(C)c4n3)CC3CCC5N3C(=O)OC(C)(C)C)c(=O)c2)cn1. The molecule has 0 saturated carbocycles. The van der Waals surface area contributed by atoms with E-state index < -0.39 is 5.60 Å². The van der Waals surface area contributed by atoms with E-state index in [1.807, 2.05) is 70.0 Å². The minimum absolute atomic E-state index is 0.0231. The van der Waals surface area contributed by atoms with Crippen molar-refractivity contribution < 1.29 is 9.53 Å². The zero-order valence-corrected chi connectivity index (χ0v) is 21.9. The Morgan fingerprint density at radius 3 is 2.59 bits per heavy atom. The van der Waals surface area contributed by atoms with Crippen molar-refractivity contribution >= 4 is 17.1 Å². The maximum Gasteiger partial charge on any atom is 0.411 e. The summed E-state index contributed by atoms with van der Waals surface area (Å²) in [5, 5.41) is 1.02. The second kappa shape index (κ2) is 8.30. The molecule has 8 nitrogen and oxygen atoms in total. The van der Waals surface area contributed by atoms with Crippen LogP contribution in [0.15, 0.2) is 53.6 Å². The van der Waals surface area contributed by atoms with E-state index in [2.05, 4.69) is 9.55 Å². The second-order valence-electron chi connectivity index (χ2n) is 11.1. The van der Waals surface area contributed by atoms with Crippen LogP contribution in [0.25, 0.3) is 28.0 Å². The van der Waals surface area contributed by atoms with E-state index in [0.29, 0.717) is 5.82 Å². The fourth-order valence-electron chi connectivity index (χ4n) is 5.79. The molecule has 0 N–H and O–H groups in total. The molecule has 0 aliphatic carbocycles. The van der Waals surface area contributed by atoms with E-state index in [0.717, 1.165) is 52.7 Å². The maximum absolute atomic E-state index is 13.1. The van der Waals surface area contributed by atoms with E-state index >= 15 is 0 Å². The molecule has 4 aromatic rings. The Labute approximate surface area is 215 Å². The van der Waals surface area contributed by atoms with E-state index in [4.69, 9.17) is 9.72 Å². The quantitative estimate of drug-likeness (QED) is 0.385. The number of hydrogen-bond acceptors (Lipinski definition) is 5. The number of carbonyl (C=O) groups excluding carboxylic acids is 1. The van der Waals surface area contributed by atoms with E-state index in [1.54, 1.807) is 23.0 Å². The molecule has 6 rings (SSSR count). The number of pyridine rings is 3. The molecule has 4 aromatic heterocycles. The summed E-state index contributed by atoms with van der Waals surface area (Å²) in [5.74, 6) is 0.568. The number of amides is 1. The first-order valence-corrected chi connectivity index (χ1v) is 12.8. The van der Waals surface area contributed by atoms with Gasteiger partial charge in [-0.2, -0.15) is 0 Å². The van der Waals surface area contributed by atoms with Crippen LogP contribution in [-0.4, -0.2) is 41.7 Å². The topological polar surface area (TPSA) is 82.3 Å². The molecule has 6 heterocycles. The molecule has 190 valence electrons. The third-order valence-electron chi connectivity index (χ3n) is 7.46. The van der Waals surface area contributed by atoms with Crippen LogP contribution in [0.5, 0.6) is 0 Å². The van der Waals surface area contributed by atoms with Gasteiger partial charge in [0, 0.05) is 65.9 Å². The Hall–Kier alpha value is -3.94. The number of aryl methyl sites for hydroxylation is 2. The van der Waals surface area contributed by atoms with Gasteiger partial charge in [0.05, 0.1) is 6.04 Å². The number of rotatable bonds is 2. The van der Waals surface area contributed by atoms with Crippen molar-refractivity contribution in [1.29, 1.82) is 0 Å². The number of hydrogen-bond donors (Lipinski definition) is 0. The molecule has 2 unspecified atom stereocenters. The first-order valence-electron chi connectivity index (χ1n) is 12.8. The van der Waals surface area contributed by atoms with Crippen LogP contribution < -0.4 is 5.56 Å². The summed E-state index contributed by atoms with van der Waals surface area (Å²) in [4.78, 5) is 37.3. The fourth-order valence-corrected chi connectivity index (χ4v) is 5.79. The maximum atomic E-state index is 13.1. The van der Waals surface area contributed by atoms with Gasteiger partial charge in [-0.1, -0.05) is 6.07 Å². The average Bonchev–Trinajstić information content (AvgIpc) is 3.31. The molecule has 2 atom stereocenters. The molecular formula is C29H31N5O3. The highest BCUT2D eigenvalue weighted by Gasteiger charge is 2.46. The highest BCUT2D eigenvalue weighted by atomic mass is 16.6. The third kappa shape index (κ3) is 3.91. The Kier molecular flexibility index (Phi) is 5.26. The first kappa shape index (κ1) is 23.5. The summed E-state index contributed by atoms with van der Waals surface area (Å²) in [6, 6.07) is 11.5. The molecule has 1 fully saturated rings. The number of nitrogens with zero attached hydrogens (tertiary/aromatic N) is 5. The summed E-state index contributed by atoms with van der Waals surface area (Å²) in [7, 11) is 2.02. The minimum atomic E-state index is -0.537. The summed E-state index contributed by atoms with van der Waals surface area (Å²) in [6.07, 6.45) is 5.94. The van der Waals surface area contributed by atoms with Gasteiger partial charge >= 0.3 is 6.09 Å². The average molecular weight is 498 g/mol. The molecular weight excluding hydrogens is 466 g/mol. The third-order valence-corrected chi connectivity index (χ3v) is 7.46. The van der Waals surface area contributed by atoms with Gasteiger partial charge in [-0.05, 0) is 70.4 Å². The van der Waals surface area contributed by atoms with Crippen molar-refractivity contribution in [1.82, 2.24) is 24.0 Å². The van der Waals surface area contributed by atoms with Crippen molar-refractivity contribution in [2.24, 2.45) is 7.05 Å². The summed E-state index contributed by atoms with van der Waals surface area (Å²) < 4.78 is 9.45. The molecule has 8 heteroatoms. The zero-order valence-electron chi connectivity index (χ0n) is 21.9. The number of ether oxygens (including phenoxy) is 1. The monoisotopic (exact) mass is 497 g/mol. The molecule has 2 aliphatic heterocycles. The van der Waals surface area contributed by atoms with Crippen LogP contribution in [0.3, 0.4) is 0 Å². The fraction of sp³-hybridized carbons (Fsp3) is 0.379. The van der Waals surface area contributed by atoms with E-state index in [9.17, 15) is 9.59 Å². The van der Waals surface area contributed by atoms with Gasteiger partial charge in [-0.3, -0.25) is 19.2 Å². The minimum Gasteiger partial charge on any atom is -0.444 e. The van der Waals surface area contributed by atoms with Crippen molar-refractivity contribution in [3.05, 3.63) is 76.1 Å². The van der Waals surface area contributed by atoms with Crippen LogP contribution in [-0.2, 0) is 18.2 Å². The molecule has 0 aromatic carbocycles. The van der Waals surface area contributed by atoms with Crippen molar-refractivity contribution in [3.63, 3.8) is 0 Å². The van der Waals surface area contributed by atoms with Crippen molar-refractivity contribution in [2.45, 2.75) is 64.6 Å². The highest BCUT2D eigenvalue weighted by Crippen LogP contribution is 2.47. The first-order chi connectivity index (χ1) is 17.6. The lowest BCUT2D eigenvalue weighted by molar-refractivity contribution is 0.0124. The van der Waals surface area contributed by atoms with Crippen LogP contribution >= 0.6 is 0 Å². The molecule has 0 radical (unpaired) electrons. The van der Waals surface area contributed by atoms with Crippen LogP contribution in [0.1, 0.15) is 56.6 Å². The molecule has 2 aliphatic rings. The molecule has 1 amide bonds. The predicted octanol–water partition coefficient (Wildman–Crippen LogP) is 5.09. The van der Waals surface area contributed by atoms with Gasteiger partial charge in [0.25, 0.3) is 5.56 Å². The standard InChI is InChI=1S/C29H31N5O3/c1-17-6-7-19(16-30-17)18-12-13-33(25(35)14-18)24-11-9-21-26-22-10-8-20(15-23(26)32(5)27(21)31-24)34(22)28(36)37-29(2,3)4/h6-7,9,11-14,16,20,22H,8,10,15H2,1-5H3. The Morgan fingerprint density at radius 2 is 1.89 bits per heavy atom. The van der Waals surface area contributed by atoms with Crippen LogP contribution in [0, 0.1) is 6.92 Å². The highest BCUT2D eigenvalue weighted by molar-refractivity contribution is 5.85. The molecule has 0 spiro atoms. The van der Waals surface area contributed by atoms with E-state index in [-0.39, 0.29) is 23.7 Å². The van der Waals surface area contributed by atoms with Gasteiger partial charge in [-0.25, -0.2) is 9.78 Å². The summed E-state index contributed by atoms with van der Waals surface area (Å²) >= 11 is 0. The van der Waals surface area contributed by atoms with Gasteiger partial charge in [0.2, 0.25) is 0 Å². The van der Waals surface area contributed by atoms with Gasteiger partial charge in [0.1, 0.15) is 17.1 Å². The molecule has 2 bridgehead atoms. The lowest BCUT2D eigenvalue weighted by Gasteiger charge is -2.36. The number of fused-ring (bicyclic) bond motifs is 6. The van der Waals surface area contributed by atoms with Crippen molar-refractivity contribution in [2.75, 3.05) is 0 Å². The van der Waals surface area contributed by atoms with Crippen LogP contribution in [0.2, 0.25) is 0 Å². The van der Waals surface area contributed by atoms with E-state index in [1.165, 1.54) is 5.69 Å². The van der Waals surface area contributed by atoms with Crippen molar-refractivity contribution in [3.8, 4) is 16.9 Å². The summed E-state index contributed by atoms with van der Waals surface area (Å²) in [5.41, 5.74) is 5.15. The molecule has 37 heavy (non-hydrogen) atoms. The predicted molar refractivity (Wildman–Crippen MR) is 142 cm³/mol. The van der Waals surface area contributed by atoms with Crippen LogP contribution in [0.4, 0.5) is 4.79 Å². The normalized spacial score (nSPS) is 18.8. The molecule has 1 saturated heterocycles. The smallest absolute Gasteiger partial charge is 0.411 e. The Morgan fingerprint density at radius 1 is 1.08 bits per heavy atom. The lowest BCUT2D eigenvalue weighted by Crippen LogP contribution is -2.44. The number of carbonyl (C=O) groups is 1. The lowest BCUT2D eigenvalue weighted by atomic mass is 9.98.